The normalized spacial score (nSPS) is 12.4. The van der Waals surface area contributed by atoms with Crippen molar-refractivity contribution < 1.29 is 0 Å². The molecule has 7 heteroatoms. The SMILES string of the molecule is Cc1cc(C)c(-c2c3nc(c(-c4c(C)cc(C)cc4C)c4ccc([se]4)c(-c4c(C)cc(C)cc4C)c4nc(c(-c5c(C)cc(C)cc5C)c5nc(c(-c6c(C)cc(C)cc6C)c6ccc([se]6)c6ccc([se]6)c(-c6c(C)cc(C)cc6C)c6nc2C=C6)C=C5)C=C4)C=C3)c(C)c1. The van der Waals surface area contributed by atoms with Gasteiger partial charge < -0.3 is 0 Å². The van der Waals surface area contributed by atoms with E-state index in [9.17, 15) is 0 Å². The summed E-state index contributed by atoms with van der Waals surface area (Å²) in [6.45, 7) is 40.6. The summed E-state index contributed by atoms with van der Waals surface area (Å²) in [5, 5.41) is 0. The molecule has 14 bridgehead atoms. The Kier molecular flexibility index (Phi) is 16.9. The van der Waals surface area contributed by atoms with E-state index in [-0.39, 0.29) is 43.5 Å². The summed E-state index contributed by atoms with van der Waals surface area (Å²) < 4.78 is 8.09. The van der Waals surface area contributed by atoms with Crippen molar-refractivity contribution in [2.45, 2.75) is 125 Å². The molecule has 0 unspecified atom stereocenters. The van der Waals surface area contributed by atoms with Gasteiger partial charge in [0.25, 0.3) is 0 Å². The Morgan fingerprint density at radius 3 is 0.484 bits per heavy atom. The van der Waals surface area contributed by atoms with Gasteiger partial charge in [-0.3, -0.25) is 0 Å². The maximum atomic E-state index is 5.91. The van der Waals surface area contributed by atoms with Gasteiger partial charge in [0.15, 0.2) is 0 Å². The van der Waals surface area contributed by atoms with Crippen LogP contribution in [0, 0.1) is 125 Å². The molecule has 6 aromatic carbocycles. The first kappa shape index (κ1) is 64.0. The third-order valence-corrected chi connectivity index (χ3v) is 27.0. The molecule has 10 aromatic rings. The minimum absolute atomic E-state index is 0.0179. The molecule has 8 heterocycles. The van der Waals surface area contributed by atoms with E-state index in [1.807, 2.05) is 0 Å². The van der Waals surface area contributed by atoms with Crippen LogP contribution in [0.2, 0.25) is 0 Å². The topological polar surface area (TPSA) is 51.6 Å². The van der Waals surface area contributed by atoms with Crippen molar-refractivity contribution in [1.29, 1.82) is 0 Å². The maximum absolute atomic E-state index is 5.91. The fraction of sp³-hybridized carbons (Fsp3) is 0.205. The van der Waals surface area contributed by atoms with Gasteiger partial charge in [-0.05, 0) is 0 Å². The van der Waals surface area contributed by atoms with Gasteiger partial charge in [0.1, 0.15) is 0 Å². The average Bonchev–Trinajstić information content (AvgIpc) is 1.63. The van der Waals surface area contributed by atoms with Gasteiger partial charge in [-0.1, -0.05) is 0 Å². The summed E-state index contributed by atoms with van der Waals surface area (Å²) in [6, 6.07) is 42.5. The van der Waals surface area contributed by atoms with Crippen LogP contribution in [0.15, 0.2) is 109 Å². The molecule has 0 spiro atoms. The number of hydrogen-bond donors (Lipinski definition) is 0. The van der Waals surface area contributed by atoms with Crippen LogP contribution in [0.3, 0.4) is 0 Å². The zero-order chi connectivity index (χ0) is 66.7. The fourth-order valence-electron chi connectivity index (χ4n) is 16.1. The number of aromatic nitrogens is 4. The van der Waals surface area contributed by atoms with Crippen LogP contribution >= 0.6 is 0 Å². The molecule has 0 saturated heterocycles. The van der Waals surface area contributed by atoms with Gasteiger partial charge in [0.05, 0.1) is 0 Å². The van der Waals surface area contributed by atoms with Gasteiger partial charge in [0.2, 0.25) is 0 Å². The first-order chi connectivity index (χ1) is 45.5. The molecular formula is C88H80N4Se3. The molecule has 0 atom stereocenters. The second-order valence-corrected chi connectivity index (χ2v) is 34.1. The minimum atomic E-state index is -0.176. The molecule has 4 nitrogen and oxygen atoms in total. The molecule has 0 aliphatic carbocycles. The van der Waals surface area contributed by atoms with Crippen LogP contribution in [0.1, 0.15) is 146 Å². The number of fused-ring (bicyclic) bond motifs is 15. The number of nitrogens with zero attached hydrogens (tertiary/aromatic N) is 4. The average molecular weight is 1430 g/mol. The van der Waals surface area contributed by atoms with E-state index in [1.54, 1.807) is 0 Å². The van der Waals surface area contributed by atoms with E-state index in [2.05, 4.69) is 282 Å². The van der Waals surface area contributed by atoms with E-state index >= 15 is 0 Å². The Balaban J connectivity index is 1.21. The monoisotopic (exact) mass is 1430 g/mol. The van der Waals surface area contributed by atoms with Crippen molar-refractivity contribution in [1.82, 2.24) is 19.9 Å². The summed E-state index contributed by atoms with van der Waals surface area (Å²) >= 11 is -0.211. The van der Waals surface area contributed by atoms with E-state index in [0.717, 1.165) is 56.7 Å². The van der Waals surface area contributed by atoms with Gasteiger partial charge in [-0.2, -0.15) is 0 Å². The number of hydrogen-bond acceptors (Lipinski definition) is 4. The molecule has 4 aliphatic heterocycles. The zero-order valence-corrected chi connectivity index (χ0v) is 63.2. The van der Waals surface area contributed by atoms with Crippen molar-refractivity contribution in [3.63, 3.8) is 0 Å². The van der Waals surface area contributed by atoms with Crippen molar-refractivity contribution in [2.24, 2.45) is 0 Å². The van der Waals surface area contributed by atoms with E-state index < -0.39 is 0 Å². The molecule has 0 saturated carbocycles. The summed E-state index contributed by atoms with van der Waals surface area (Å²) in [6.07, 6.45) is 18.2. The molecule has 4 aliphatic rings. The first-order valence-corrected chi connectivity index (χ1v) is 38.2. The zero-order valence-electron chi connectivity index (χ0n) is 58.0. The molecule has 0 fully saturated rings. The molecule has 0 N–H and O–H groups in total. The number of rotatable bonds is 6. The van der Waals surface area contributed by atoms with Gasteiger partial charge in [0, 0.05) is 0 Å². The number of aryl methyl sites for hydroxylation is 18. The second kappa shape index (κ2) is 25.0. The quantitative estimate of drug-likeness (QED) is 0.156. The fourth-order valence-corrected chi connectivity index (χ4v) is 23.5. The van der Waals surface area contributed by atoms with Gasteiger partial charge >= 0.3 is 584 Å². The molecule has 0 amide bonds. The Morgan fingerprint density at radius 1 is 0.168 bits per heavy atom. The Bertz CT molecular complexity index is 5090. The van der Waals surface area contributed by atoms with E-state index in [4.69, 9.17) is 19.9 Å². The van der Waals surface area contributed by atoms with Crippen LogP contribution in [-0.2, 0) is 0 Å². The van der Waals surface area contributed by atoms with Crippen LogP contribution in [0.25, 0.3) is 141 Å². The Labute approximate surface area is 579 Å². The van der Waals surface area contributed by atoms with Gasteiger partial charge in [-0.15, -0.1) is 0 Å². The Morgan fingerprint density at radius 2 is 0.305 bits per heavy atom. The van der Waals surface area contributed by atoms with Crippen molar-refractivity contribution >= 4 is 118 Å². The summed E-state index contributed by atoms with van der Waals surface area (Å²) in [5.74, 6) is 0. The van der Waals surface area contributed by atoms with Crippen molar-refractivity contribution in [3.05, 3.63) is 255 Å². The van der Waals surface area contributed by atoms with Crippen LogP contribution in [0.4, 0.5) is 0 Å². The summed E-state index contributed by atoms with van der Waals surface area (Å²) in [4.78, 5) is 23.6. The summed E-state index contributed by atoms with van der Waals surface area (Å²) in [5.41, 5.74) is 44.3. The third kappa shape index (κ3) is 11.7. The summed E-state index contributed by atoms with van der Waals surface area (Å²) in [7, 11) is 0. The van der Waals surface area contributed by atoms with Crippen molar-refractivity contribution in [2.75, 3.05) is 0 Å². The molecular weight excluding hydrogens is 1350 g/mol. The standard InChI is InChI=1S/C88H80N4Se3/c1-45-33-51(7)77(52(8)34-45)83-63-19-23-67(89-63)85(79-55(11)37-47(3)38-56(79)12)73-29-27-71(93-73)72-28-30-74(94-72)86(80-57(13)39-48(4)40-58(80)14)68-24-20-64(90-68)84(78-53(9)35-46(2)36-54(78)10)66-22-26-70(92-66)88(82-61(17)43-50(6)44-62(82)18)76-32-31-75(95-76)87(69-25-21-65(83)91-69)81-59(15)41-49(5)42-60(81)16/h19-44H,1-18H3. The molecule has 0 radical (unpaired) electrons. The predicted octanol–water partition coefficient (Wildman–Crippen LogP) is 22.4. The van der Waals surface area contributed by atoms with Crippen LogP contribution < -0.4 is 0 Å². The van der Waals surface area contributed by atoms with Crippen LogP contribution in [0.5, 0.6) is 0 Å². The second-order valence-electron chi connectivity index (χ2n) is 27.2. The molecule has 95 heavy (non-hydrogen) atoms. The van der Waals surface area contributed by atoms with E-state index in [0.29, 0.717) is 0 Å². The van der Waals surface area contributed by atoms with Crippen LogP contribution in [-0.4, -0.2) is 63.4 Å². The molecule has 4 aromatic heterocycles. The number of benzene rings is 6. The Hall–Kier alpha value is -8.34. The van der Waals surface area contributed by atoms with E-state index in [1.165, 1.54) is 181 Å². The first-order valence-electron chi connectivity index (χ1n) is 33.1. The molecule has 14 rings (SSSR count). The third-order valence-electron chi connectivity index (χ3n) is 19.2. The van der Waals surface area contributed by atoms with Gasteiger partial charge in [-0.25, -0.2) is 0 Å². The molecule has 470 valence electrons. The van der Waals surface area contributed by atoms with Crippen molar-refractivity contribution in [3.8, 4) is 66.8 Å². The predicted molar refractivity (Wildman–Crippen MR) is 414 cm³/mol.